The zero-order chi connectivity index (χ0) is 17.2. The third-order valence-corrected chi connectivity index (χ3v) is 4.26. The van der Waals surface area contributed by atoms with E-state index >= 15 is 0 Å². The van der Waals surface area contributed by atoms with Crippen molar-refractivity contribution in [1.82, 2.24) is 29.9 Å². The van der Waals surface area contributed by atoms with Crippen LogP contribution in [0.2, 0.25) is 0 Å². The summed E-state index contributed by atoms with van der Waals surface area (Å²) in [6, 6.07) is 5.90. The number of anilines is 2. The van der Waals surface area contributed by atoms with Crippen LogP contribution in [0.25, 0.3) is 5.82 Å². The SMILES string of the molecule is Cc1cncc(N2CCN(c3ccc(-n4ccc(C)n4)nn3)CC2)n1. The summed E-state index contributed by atoms with van der Waals surface area (Å²) in [5.74, 6) is 2.56. The van der Waals surface area contributed by atoms with Crippen LogP contribution in [0.15, 0.2) is 36.8 Å². The minimum absolute atomic E-state index is 0.727. The summed E-state index contributed by atoms with van der Waals surface area (Å²) in [6.45, 7) is 7.45. The summed E-state index contributed by atoms with van der Waals surface area (Å²) in [5, 5.41) is 13.0. The highest BCUT2D eigenvalue weighted by Crippen LogP contribution is 2.17. The quantitative estimate of drug-likeness (QED) is 0.715. The highest BCUT2D eigenvalue weighted by Gasteiger charge is 2.19. The molecule has 0 unspecified atom stereocenters. The molecule has 4 rings (SSSR count). The van der Waals surface area contributed by atoms with Crippen molar-refractivity contribution in [3.05, 3.63) is 48.2 Å². The summed E-state index contributed by atoms with van der Waals surface area (Å²) >= 11 is 0. The molecule has 0 saturated carbocycles. The van der Waals surface area contributed by atoms with E-state index in [-0.39, 0.29) is 0 Å². The van der Waals surface area contributed by atoms with E-state index in [0.29, 0.717) is 0 Å². The molecule has 0 bridgehead atoms. The second-order valence-corrected chi connectivity index (χ2v) is 6.14. The monoisotopic (exact) mass is 336 g/mol. The molecule has 3 aromatic rings. The Morgan fingerprint density at radius 2 is 1.44 bits per heavy atom. The summed E-state index contributed by atoms with van der Waals surface area (Å²) < 4.78 is 1.74. The number of piperazine rings is 1. The van der Waals surface area contributed by atoms with Gasteiger partial charge in [0.1, 0.15) is 5.82 Å². The van der Waals surface area contributed by atoms with E-state index in [1.54, 1.807) is 10.9 Å². The number of aryl methyl sites for hydroxylation is 2. The maximum absolute atomic E-state index is 4.55. The van der Waals surface area contributed by atoms with Crippen molar-refractivity contribution in [2.24, 2.45) is 0 Å². The molecule has 25 heavy (non-hydrogen) atoms. The molecule has 0 amide bonds. The van der Waals surface area contributed by atoms with Crippen LogP contribution < -0.4 is 9.80 Å². The van der Waals surface area contributed by atoms with Crippen LogP contribution in [0.5, 0.6) is 0 Å². The highest BCUT2D eigenvalue weighted by atomic mass is 15.4. The molecule has 0 aliphatic carbocycles. The average Bonchev–Trinajstić information content (AvgIpc) is 3.08. The first-order chi connectivity index (χ1) is 12.2. The molecule has 0 N–H and O–H groups in total. The van der Waals surface area contributed by atoms with Crippen molar-refractivity contribution in [2.45, 2.75) is 13.8 Å². The Bertz CT molecular complexity index is 849. The van der Waals surface area contributed by atoms with E-state index in [1.807, 2.05) is 44.4 Å². The molecule has 0 atom stereocenters. The third kappa shape index (κ3) is 3.28. The Labute approximate surface area is 146 Å². The Morgan fingerprint density at radius 3 is 2.04 bits per heavy atom. The van der Waals surface area contributed by atoms with E-state index in [9.17, 15) is 0 Å². The second-order valence-electron chi connectivity index (χ2n) is 6.14. The normalized spacial score (nSPS) is 14.8. The molecule has 0 radical (unpaired) electrons. The van der Waals surface area contributed by atoms with Gasteiger partial charge in [0.05, 0.1) is 17.6 Å². The van der Waals surface area contributed by atoms with Crippen LogP contribution in [0.1, 0.15) is 11.4 Å². The van der Waals surface area contributed by atoms with Crippen molar-refractivity contribution < 1.29 is 0 Å². The van der Waals surface area contributed by atoms with Gasteiger partial charge in [-0.15, -0.1) is 10.2 Å². The first-order valence-electron chi connectivity index (χ1n) is 8.34. The predicted molar refractivity (Wildman–Crippen MR) is 95.1 cm³/mol. The molecule has 3 aromatic heterocycles. The van der Waals surface area contributed by atoms with Gasteiger partial charge in [0.25, 0.3) is 0 Å². The molecule has 8 heteroatoms. The molecule has 1 aliphatic heterocycles. The van der Waals surface area contributed by atoms with Crippen LogP contribution >= 0.6 is 0 Å². The van der Waals surface area contributed by atoms with Crippen molar-refractivity contribution in [3.63, 3.8) is 0 Å². The summed E-state index contributed by atoms with van der Waals surface area (Å²) in [4.78, 5) is 13.3. The van der Waals surface area contributed by atoms with Gasteiger partial charge in [0.15, 0.2) is 11.6 Å². The van der Waals surface area contributed by atoms with Gasteiger partial charge in [-0.2, -0.15) is 5.10 Å². The van der Waals surface area contributed by atoms with Gasteiger partial charge < -0.3 is 9.80 Å². The number of hydrogen-bond donors (Lipinski definition) is 0. The fraction of sp³-hybridized carbons (Fsp3) is 0.353. The molecule has 128 valence electrons. The number of nitrogens with zero attached hydrogens (tertiary/aromatic N) is 8. The molecule has 1 fully saturated rings. The van der Waals surface area contributed by atoms with Crippen LogP contribution in [0, 0.1) is 13.8 Å². The van der Waals surface area contributed by atoms with Gasteiger partial charge in [0, 0.05) is 38.6 Å². The summed E-state index contributed by atoms with van der Waals surface area (Å²) in [6.07, 6.45) is 5.49. The lowest BCUT2D eigenvalue weighted by Gasteiger charge is -2.35. The van der Waals surface area contributed by atoms with Crippen LogP contribution in [-0.2, 0) is 0 Å². The van der Waals surface area contributed by atoms with Gasteiger partial charge >= 0.3 is 0 Å². The lowest BCUT2D eigenvalue weighted by Crippen LogP contribution is -2.47. The topological polar surface area (TPSA) is 75.9 Å². The van der Waals surface area contributed by atoms with Crippen molar-refractivity contribution in [2.75, 3.05) is 36.0 Å². The number of rotatable bonds is 3. The van der Waals surface area contributed by atoms with Crippen molar-refractivity contribution in [1.29, 1.82) is 0 Å². The molecular weight excluding hydrogens is 316 g/mol. The number of hydrogen-bond acceptors (Lipinski definition) is 7. The van der Waals surface area contributed by atoms with Crippen LogP contribution in [0.3, 0.4) is 0 Å². The first kappa shape index (κ1) is 15.5. The lowest BCUT2D eigenvalue weighted by atomic mass is 10.3. The molecular formula is C17H20N8. The smallest absolute Gasteiger partial charge is 0.175 e. The van der Waals surface area contributed by atoms with Gasteiger partial charge in [-0.1, -0.05) is 0 Å². The van der Waals surface area contributed by atoms with Gasteiger partial charge in [-0.3, -0.25) is 4.98 Å². The van der Waals surface area contributed by atoms with E-state index in [0.717, 1.165) is 55.0 Å². The van der Waals surface area contributed by atoms with E-state index in [1.165, 1.54) is 0 Å². The van der Waals surface area contributed by atoms with Crippen LogP contribution in [0.4, 0.5) is 11.6 Å². The maximum atomic E-state index is 4.55. The summed E-state index contributed by atoms with van der Waals surface area (Å²) in [7, 11) is 0. The predicted octanol–water partition coefficient (Wildman–Crippen LogP) is 1.40. The Morgan fingerprint density at radius 1 is 0.760 bits per heavy atom. The molecule has 0 aromatic carbocycles. The van der Waals surface area contributed by atoms with E-state index in [2.05, 4.69) is 35.1 Å². The van der Waals surface area contributed by atoms with Crippen LogP contribution in [-0.4, -0.2) is 56.1 Å². The third-order valence-electron chi connectivity index (χ3n) is 4.26. The maximum Gasteiger partial charge on any atom is 0.175 e. The zero-order valence-electron chi connectivity index (χ0n) is 14.4. The van der Waals surface area contributed by atoms with E-state index < -0.39 is 0 Å². The second kappa shape index (κ2) is 6.46. The zero-order valence-corrected chi connectivity index (χ0v) is 14.4. The first-order valence-corrected chi connectivity index (χ1v) is 8.34. The van der Waals surface area contributed by atoms with Crippen molar-refractivity contribution >= 4 is 11.6 Å². The Balaban J connectivity index is 1.42. The molecule has 4 heterocycles. The van der Waals surface area contributed by atoms with Gasteiger partial charge in [-0.25, -0.2) is 9.67 Å². The fourth-order valence-electron chi connectivity index (χ4n) is 2.92. The highest BCUT2D eigenvalue weighted by molar-refractivity contribution is 5.44. The minimum Gasteiger partial charge on any atom is -0.352 e. The molecule has 1 aliphatic rings. The van der Waals surface area contributed by atoms with Gasteiger partial charge in [0.2, 0.25) is 0 Å². The lowest BCUT2D eigenvalue weighted by molar-refractivity contribution is 0.635. The average molecular weight is 336 g/mol. The number of aromatic nitrogens is 6. The Hall–Kier alpha value is -3.03. The molecule has 8 nitrogen and oxygen atoms in total. The largest absolute Gasteiger partial charge is 0.352 e. The van der Waals surface area contributed by atoms with E-state index in [4.69, 9.17) is 0 Å². The fourth-order valence-corrected chi connectivity index (χ4v) is 2.92. The molecule has 1 saturated heterocycles. The standard InChI is InChI=1S/C17H20N8/c1-13-5-6-25(22-13)16-4-3-15(20-21-16)23-7-9-24(10-8-23)17-12-18-11-14(2)19-17/h3-6,11-12H,7-10H2,1-2H3. The minimum atomic E-state index is 0.727. The summed E-state index contributed by atoms with van der Waals surface area (Å²) in [5.41, 5.74) is 1.90. The van der Waals surface area contributed by atoms with Gasteiger partial charge in [-0.05, 0) is 32.0 Å². The molecule has 0 spiro atoms. The Kier molecular flexibility index (Phi) is 4.01. The van der Waals surface area contributed by atoms with Crippen molar-refractivity contribution in [3.8, 4) is 5.82 Å².